The molecule has 1 amide bonds. The number of allylic oxidation sites excluding steroid dienone is 4. The molecule has 1 heterocycles. The Morgan fingerprint density at radius 1 is 1.23 bits per heavy atom. The molecule has 31 heavy (non-hydrogen) atoms. The number of carbonyl (C=O) groups excluding carboxylic acids is 1. The first-order valence-electron chi connectivity index (χ1n) is 9.97. The Hall–Kier alpha value is -3.79. The lowest BCUT2D eigenvalue weighted by atomic mass is 9.94. The van der Waals surface area contributed by atoms with Crippen molar-refractivity contribution in [2.24, 2.45) is 0 Å². The summed E-state index contributed by atoms with van der Waals surface area (Å²) in [7, 11) is 3.22. The van der Waals surface area contributed by atoms with Crippen LogP contribution in [-0.4, -0.2) is 31.7 Å². The summed E-state index contributed by atoms with van der Waals surface area (Å²) in [6.07, 6.45) is 6.92. The number of benzene rings is 1. The van der Waals surface area contributed by atoms with Crippen LogP contribution in [0.2, 0.25) is 0 Å². The smallest absolute Gasteiger partial charge is 0.238 e. The predicted molar refractivity (Wildman–Crippen MR) is 116 cm³/mol. The lowest BCUT2D eigenvalue weighted by molar-refractivity contribution is -0.119. The molecule has 0 saturated heterocycles. The first kappa shape index (κ1) is 21.9. The number of aromatic nitrogens is 1. The van der Waals surface area contributed by atoms with Crippen molar-refractivity contribution in [2.45, 2.75) is 25.2 Å². The summed E-state index contributed by atoms with van der Waals surface area (Å²) in [5, 5.41) is 11.4. The van der Waals surface area contributed by atoms with Gasteiger partial charge in [-0.25, -0.2) is 4.98 Å². The van der Waals surface area contributed by atoms with E-state index in [0.29, 0.717) is 36.8 Å². The maximum Gasteiger partial charge on any atom is 0.238 e. The van der Waals surface area contributed by atoms with Crippen molar-refractivity contribution in [1.29, 1.82) is 5.26 Å². The highest BCUT2D eigenvalue weighted by atomic mass is 16.5. The third-order valence-corrected chi connectivity index (χ3v) is 4.83. The number of nitriles is 1. The van der Waals surface area contributed by atoms with Crippen LogP contribution < -0.4 is 19.5 Å². The van der Waals surface area contributed by atoms with Crippen LogP contribution in [0.1, 0.15) is 30.0 Å². The van der Waals surface area contributed by atoms with E-state index in [9.17, 15) is 4.79 Å². The number of methoxy groups -OCH3 is 2. The normalized spacial score (nSPS) is 14.9. The molecule has 7 nitrogen and oxygen atoms in total. The van der Waals surface area contributed by atoms with Crippen molar-refractivity contribution in [1.82, 2.24) is 10.3 Å². The Kier molecular flexibility index (Phi) is 7.66. The number of hydrogen-bond acceptors (Lipinski definition) is 6. The van der Waals surface area contributed by atoms with E-state index in [4.69, 9.17) is 19.5 Å². The number of pyridine rings is 1. The van der Waals surface area contributed by atoms with Gasteiger partial charge in [-0.05, 0) is 36.3 Å². The van der Waals surface area contributed by atoms with Crippen molar-refractivity contribution < 1.29 is 19.0 Å². The maximum absolute atomic E-state index is 11.7. The fourth-order valence-electron chi connectivity index (χ4n) is 3.30. The van der Waals surface area contributed by atoms with Crippen LogP contribution in [0.25, 0.3) is 0 Å². The topological polar surface area (TPSA) is 93.5 Å². The van der Waals surface area contributed by atoms with Crippen molar-refractivity contribution in [3.8, 4) is 23.4 Å². The van der Waals surface area contributed by atoms with Gasteiger partial charge in [-0.1, -0.05) is 24.3 Å². The van der Waals surface area contributed by atoms with Gasteiger partial charge in [0.2, 0.25) is 11.8 Å². The van der Waals surface area contributed by atoms with Gasteiger partial charge >= 0.3 is 0 Å². The number of rotatable bonds is 9. The quantitative estimate of drug-likeness (QED) is 0.666. The van der Waals surface area contributed by atoms with Crippen LogP contribution in [0.15, 0.2) is 60.3 Å². The summed E-state index contributed by atoms with van der Waals surface area (Å²) >= 11 is 0. The van der Waals surface area contributed by atoms with Crippen LogP contribution in [0.3, 0.4) is 0 Å². The van der Waals surface area contributed by atoms with Gasteiger partial charge in [0.1, 0.15) is 6.42 Å². The van der Waals surface area contributed by atoms with Crippen LogP contribution in [-0.2, 0) is 11.2 Å². The fraction of sp³-hybridized carbons (Fsp3) is 0.292. The van der Waals surface area contributed by atoms with E-state index in [1.165, 1.54) is 0 Å². The lowest BCUT2D eigenvalue weighted by Gasteiger charge is -2.19. The molecule has 1 unspecified atom stereocenters. The Bertz CT molecular complexity index is 1020. The third-order valence-electron chi connectivity index (χ3n) is 4.83. The molecule has 2 aromatic rings. The molecule has 160 valence electrons. The highest BCUT2D eigenvalue weighted by Crippen LogP contribution is 2.29. The van der Waals surface area contributed by atoms with Gasteiger partial charge in [0.15, 0.2) is 11.5 Å². The van der Waals surface area contributed by atoms with Gasteiger partial charge in [0.05, 0.1) is 32.6 Å². The SMILES string of the molecule is COc1ccc(CCOc2cccc(C3C=CC=C(NC(=O)CC#N)C3)n2)cc1OC. The molecule has 0 fully saturated rings. The number of carbonyl (C=O) groups is 1. The summed E-state index contributed by atoms with van der Waals surface area (Å²) in [6, 6.07) is 13.3. The molecule has 1 aliphatic rings. The molecule has 1 aromatic carbocycles. The zero-order chi connectivity index (χ0) is 22.1. The minimum Gasteiger partial charge on any atom is -0.493 e. The molecule has 0 spiro atoms. The summed E-state index contributed by atoms with van der Waals surface area (Å²) in [4.78, 5) is 16.3. The predicted octanol–water partition coefficient (Wildman–Crippen LogP) is 3.68. The van der Waals surface area contributed by atoms with Crippen LogP contribution in [0.5, 0.6) is 17.4 Å². The maximum atomic E-state index is 11.7. The van der Waals surface area contributed by atoms with Gasteiger partial charge < -0.3 is 19.5 Å². The largest absolute Gasteiger partial charge is 0.493 e. The van der Waals surface area contributed by atoms with E-state index >= 15 is 0 Å². The molecule has 1 atom stereocenters. The minimum absolute atomic E-state index is 0.0248. The van der Waals surface area contributed by atoms with Crippen LogP contribution in [0.4, 0.5) is 0 Å². The van der Waals surface area contributed by atoms with Gasteiger partial charge in [0.25, 0.3) is 0 Å². The first-order valence-corrected chi connectivity index (χ1v) is 9.97. The van der Waals surface area contributed by atoms with Gasteiger partial charge in [-0.15, -0.1) is 0 Å². The average molecular weight is 419 g/mol. The lowest BCUT2D eigenvalue weighted by Crippen LogP contribution is -2.24. The minimum atomic E-state index is -0.303. The zero-order valence-corrected chi connectivity index (χ0v) is 17.6. The van der Waals surface area contributed by atoms with E-state index in [-0.39, 0.29) is 18.2 Å². The highest BCUT2D eigenvalue weighted by molar-refractivity contribution is 5.79. The molecular weight excluding hydrogens is 394 g/mol. The Morgan fingerprint density at radius 3 is 2.84 bits per heavy atom. The summed E-state index contributed by atoms with van der Waals surface area (Å²) < 4.78 is 16.5. The molecule has 1 N–H and O–H groups in total. The molecule has 1 aromatic heterocycles. The molecular formula is C24H25N3O4. The Morgan fingerprint density at radius 2 is 2.06 bits per heavy atom. The number of amides is 1. The monoisotopic (exact) mass is 419 g/mol. The zero-order valence-electron chi connectivity index (χ0n) is 17.6. The number of ether oxygens (including phenoxy) is 3. The Balaban J connectivity index is 1.57. The number of nitrogens with zero attached hydrogens (tertiary/aromatic N) is 2. The molecule has 0 saturated carbocycles. The molecule has 3 rings (SSSR count). The second kappa shape index (κ2) is 10.8. The molecule has 1 aliphatic carbocycles. The van der Waals surface area contributed by atoms with Gasteiger partial charge in [-0.2, -0.15) is 5.26 Å². The van der Waals surface area contributed by atoms with E-state index in [1.54, 1.807) is 14.2 Å². The third kappa shape index (κ3) is 6.09. The molecule has 0 aliphatic heterocycles. The first-order chi connectivity index (χ1) is 15.1. The molecule has 0 bridgehead atoms. The van der Waals surface area contributed by atoms with Gasteiger partial charge in [0, 0.05) is 24.1 Å². The molecule has 7 heteroatoms. The van der Waals surface area contributed by atoms with Gasteiger partial charge in [-0.3, -0.25) is 4.79 Å². The standard InChI is InChI=1S/C24H25N3O4/c1-29-21-10-9-17(15-22(21)30-2)12-14-31-24-8-4-7-20(27-24)18-5-3-6-19(16-18)26-23(28)11-13-25/h3-10,15,18H,11-12,14,16H2,1-2H3,(H,26,28). The van der Waals surface area contributed by atoms with Crippen molar-refractivity contribution >= 4 is 5.91 Å². The Labute approximate surface area is 182 Å². The van der Waals surface area contributed by atoms with Crippen LogP contribution in [0, 0.1) is 11.3 Å². The number of hydrogen-bond donors (Lipinski definition) is 1. The average Bonchev–Trinajstić information content (AvgIpc) is 2.79. The van der Waals surface area contributed by atoms with E-state index < -0.39 is 0 Å². The van der Waals surface area contributed by atoms with Crippen molar-refractivity contribution in [3.05, 3.63) is 71.6 Å². The summed E-state index contributed by atoms with van der Waals surface area (Å²) in [5.74, 6) is 1.66. The fourth-order valence-corrected chi connectivity index (χ4v) is 3.30. The van der Waals surface area contributed by atoms with E-state index in [0.717, 1.165) is 17.0 Å². The second-order valence-electron chi connectivity index (χ2n) is 6.96. The van der Waals surface area contributed by atoms with Crippen molar-refractivity contribution in [2.75, 3.05) is 20.8 Å². The summed E-state index contributed by atoms with van der Waals surface area (Å²) in [5.41, 5.74) is 2.71. The molecule has 0 radical (unpaired) electrons. The second-order valence-corrected chi connectivity index (χ2v) is 6.96. The van der Waals surface area contributed by atoms with E-state index in [1.807, 2.05) is 60.7 Å². The van der Waals surface area contributed by atoms with Crippen LogP contribution >= 0.6 is 0 Å². The number of nitrogens with one attached hydrogen (secondary N) is 1. The highest BCUT2D eigenvalue weighted by Gasteiger charge is 2.17. The van der Waals surface area contributed by atoms with Crippen molar-refractivity contribution in [3.63, 3.8) is 0 Å². The van der Waals surface area contributed by atoms with E-state index in [2.05, 4.69) is 10.3 Å². The summed E-state index contributed by atoms with van der Waals surface area (Å²) in [6.45, 7) is 0.474.